The third-order valence-corrected chi connectivity index (χ3v) is 7.84. The van der Waals surface area contributed by atoms with Gasteiger partial charge in [-0.25, -0.2) is 8.42 Å². The highest BCUT2D eigenvalue weighted by atomic mass is 32.2. The fourth-order valence-electron chi connectivity index (χ4n) is 3.42. The van der Waals surface area contributed by atoms with Gasteiger partial charge < -0.3 is 10.1 Å². The van der Waals surface area contributed by atoms with Crippen LogP contribution in [0.2, 0.25) is 0 Å². The molecule has 1 heterocycles. The van der Waals surface area contributed by atoms with Gasteiger partial charge in [-0.1, -0.05) is 12.1 Å². The molecule has 1 amide bonds. The fraction of sp³-hybridized carbons (Fsp3) is 0.409. The van der Waals surface area contributed by atoms with Gasteiger partial charge in [0.1, 0.15) is 5.75 Å². The predicted octanol–water partition coefficient (Wildman–Crippen LogP) is 3.76. The molecular weight excluding hydrogens is 420 g/mol. The van der Waals surface area contributed by atoms with Crippen LogP contribution in [-0.2, 0) is 14.8 Å². The summed E-state index contributed by atoms with van der Waals surface area (Å²) in [5.41, 5.74) is 1.71. The molecule has 0 bridgehead atoms. The fourth-order valence-corrected chi connectivity index (χ4v) is 5.44. The molecular formula is C22H28N2O4S2. The predicted molar refractivity (Wildman–Crippen MR) is 119 cm³/mol. The van der Waals surface area contributed by atoms with Gasteiger partial charge in [0.15, 0.2) is 6.61 Å². The molecule has 0 aliphatic carbocycles. The van der Waals surface area contributed by atoms with Crippen molar-refractivity contribution in [1.82, 2.24) is 9.62 Å². The Labute approximate surface area is 183 Å². The van der Waals surface area contributed by atoms with Gasteiger partial charge in [0.25, 0.3) is 5.91 Å². The molecule has 30 heavy (non-hydrogen) atoms. The number of rotatable bonds is 8. The lowest BCUT2D eigenvalue weighted by molar-refractivity contribution is -0.123. The van der Waals surface area contributed by atoms with E-state index < -0.39 is 10.0 Å². The largest absolute Gasteiger partial charge is 0.484 e. The lowest BCUT2D eigenvalue weighted by Gasteiger charge is -2.17. The number of benzene rings is 2. The Bertz CT molecular complexity index is 985. The Kier molecular flexibility index (Phi) is 7.44. The number of aryl methyl sites for hydroxylation is 1. The second-order valence-electron chi connectivity index (χ2n) is 7.39. The Morgan fingerprint density at radius 3 is 2.43 bits per heavy atom. The summed E-state index contributed by atoms with van der Waals surface area (Å²) in [4.78, 5) is 13.7. The number of amides is 1. The Balaban J connectivity index is 1.57. The maximum Gasteiger partial charge on any atom is 0.258 e. The van der Waals surface area contributed by atoms with Crippen LogP contribution in [0.5, 0.6) is 5.75 Å². The van der Waals surface area contributed by atoms with Crippen LogP contribution in [0.25, 0.3) is 0 Å². The number of hydrogen-bond acceptors (Lipinski definition) is 5. The van der Waals surface area contributed by atoms with Crippen LogP contribution in [0, 0.1) is 6.92 Å². The number of carbonyl (C=O) groups excluding carboxylic acids is 1. The molecule has 1 aliphatic rings. The average Bonchev–Trinajstić information content (AvgIpc) is 3.28. The van der Waals surface area contributed by atoms with E-state index in [-0.39, 0.29) is 23.5 Å². The Morgan fingerprint density at radius 2 is 1.83 bits per heavy atom. The van der Waals surface area contributed by atoms with Gasteiger partial charge >= 0.3 is 0 Å². The first kappa shape index (κ1) is 22.7. The van der Waals surface area contributed by atoms with Gasteiger partial charge in [-0.3, -0.25) is 4.79 Å². The molecule has 2 aromatic rings. The van der Waals surface area contributed by atoms with Crippen molar-refractivity contribution in [1.29, 1.82) is 0 Å². The molecule has 2 aromatic carbocycles. The number of sulfonamides is 1. The maximum atomic E-state index is 12.7. The third-order valence-electron chi connectivity index (χ3n) is 5.20. The number of ether oxygens (including phenoxy) is 1. The number of thioether (sulfide) groups is 1. The third kappa shape index (κ3) is 5.36. The highest BCUT2D eigenvalue weighted by Gasteiger charge is 2.27. The molecule has 1 saturated heterocycles. The zero-order chi connectivity index (χ0) is 21.7. The smallest absolute Gasteiger partial charge is 0.258 e. The summed E-state index contributed by atoms with van der Waals surface area (Å²) in [6.07, 6.45) is 3.82. The molecule has 1 fully saturated rings. The molecule has 8 heteroatoms. The SMILES string of the molecule is CSc1ccc([C@@H](C)NC(=O)COc2ccc(S(=O)(=O)N3CCCC3)cc2C)cc1. The van der Waals surface area contributed by atoms with Crippen LogP contribution in [0.4, 0.5) is 0 Å². The van der Waals surface area contributed by atoms with Gasteiger partial charge in [-0.15, -0.1) is 11.8 Å². The van der Waals surface area contributed by atoms with Gasteiger partial charge in [0, 0.05) is 18.0 Å². The van der Waals surface area contributed by atoms with Crippen LogP contribution in [0.1, 0.15) is 36.9 Å². The van der Waals surface area contributed by atoms with Crippen LogP contribution in [0.15, 0.2) is 52.3 Å². The normalized spacial score (nSPS) is 15.7. The van der Waals surface area contributed by atoms with Crippen LogP contribution in [0.3, 0.4) is 0 Å². The summed E-state index contributed by atoms with van der Waals surface area (Å²) >= 11 is 1.67. The second kappa shape index (κ2) is 9.85. The summed E-state index contributed by atoms with van der Waals surface area (Å²) in [5.74, 6) is 0.270. The summed E-state index contributed by atoms with van der Waals surface area (Å²) in [7, 11) is -3.46. The van der Waals surface area contributed by atoms with E-state index in [0.717, 1.165) is 18.4 Å². The number of nitrogens with zero attached hydrogens (tertiary/aromatic N) is 1. The highest BCUT2D eigenvalue weighted by molar-refractivity contribution is 7.98. The number of nitrogens with one attached hydrogen (secondary N) is 1. The van der Waals surface area contributed by atoms with Crippen molar-refractivity contribution in [3.05, 3.63) is 53.6 Å². The van der Waals surface area contributed by atoms with E-state index in [4.69, 9.17) is 4.74 Å². The molecule has 1 N–H and O–H groups in total. The van der Waals surface area contributed by atoms with E-state index in [9.17, 15) is 13.2 Å². The molecule has 0 spiro atoms. The zero-order valence-corrected chi connectivity index (χ0v) is 19.2. The van der Waals surface area contributed by atoms with Gasteiger partial charge in [-0.2, -0.15) is 4.31 Å². The van der Waals surface area contributed by atoms with Crippen molar-refractivity contribution < 1.29 is 17.9 Å². The van der Waals surface area contributed by atoms with Gasteiger partial charge in [0.05, 0.1) is 10.9 Å². The molecule has 0 radical (unpaired) electrons. The van der Waals surface area contributed by atoms with E-state index in [0.29, 0.717) is 24.4 Å². The summed E-state index contributed by atoms with van der Waals surface area (Å²) in [5, 5.41) is 2.92. The van der Waals surface area contributed by atoms with E-state index in [1.165, 1.54) is 9.20 Å². The van der Waals surface area contributed by atoms with Gasteiger partial charge in [-0.05, 0) is 74.4 Å². The monoisotopic (exact) mass is 448 g/mol. The Hall–Kier alpha value is -2.03. The molecule has 0 saturated carbocycles. The van der Waals surface area contributed by atoms with Crippen molar-refractivity contribution in [2.75, 3.05) is 26.0 Å². The van der Waals surface area contributed by atoms with Gasteiger partial charge in [0.2, 0.25) is 10.0 Å². The quantitative estimate of drug-likeness (QED) is 0.623. The van der Waals surface area contributed by atoms with Crippen molar-refractivity contribution in [3.8, 4) is 5.75 Å². The number of carbonyl (C=O) groups is 1. The lowest BCUT2D eigenvalue weighted by Crippen LogP contribution is -2.31. The highest BCUT2D eigenvalue weighted by Crippen LogP contribution is 2.26. The van der Waals surface area contributed by atoms with Crippen molar-refractivity contribution >= 4 is 27.7 Å². The Morgan fingerprint density at radius 1 is 1.17 bits per heavy atom. The van der Waals surface area contributed by atoms with Crippen molar-refractivity contribution in [2.24, 2.45) is 0 Å². The first-order valence-electron chi connectivity index (χ1n) is 9.98. The molecule has 6 nitrogen and oxygen atoms in total. The molecule has 162 valence electrons. The molecule has 1 aliphatic heterocycles. The average molecular weight is 449 g/mol. The summed E-state index contributed by atoms with van der Waals surface area (Å²) < 4.78 is 32.5. The minimum Gasteiger partial charge on any atom is -0.484 e. The summed E-state index contributed by atoms with van der Waals surface area (Å²) in [6, 6.07) is 12.7. The van der Waals surface area contributed by atoms with Crippen LogP contribution >= 0.6 is 11.8 Å². The minimum absolute atomic E-state index is 0.133. The first-order chi connectivity index (χ1) is 14.3. The molecule has 3 rings (SSSR count). The van der Waals surface area contributed by atoms with Crippen LogP contribution < -0.4 is 10.1 Å². The van der Waals surface area contributed by atoms with Crippen LogP contribution in [-0.4, -0.2) is 44.6 Å². The maximum absolute atomic E-state index is 12.7. The summed E-state index contributed by atoms with van der Waals surface area (Å²) in [6.45, 7) is 4.71. The number of hydrogen-bond donors (Lipinski definition) is 1. The second-order valence-corrected chi connectivity index (χ2v) is 10.2. The molecule has 0 unspecified atom stereocenters. The van der Waals surface area contributed by atoms with E-state index in [1.807, 2.05) is 37.4 Å². The van der Waals surface area contributed by atoms with E-state index in [1.54, 1.807) is 36.9 Å². The molecule has 0 aromatic heterocycles. The lowest BCUT2D eigenvalue weighted by atomic mass is 10.1. The van der Waals surface area contributed by atoms with E-state index in [2.05, 4.69) is 5.32 Å². The molecule has 1 atom stereocenters. The zero-order valence-electron chi connectivity index (χ0n) is 17.6. The van der Waals surface area contributed by atoms with Crippen molar-refractivity contribution in [3.63, 3.8) is 0 Å². The first-order valence-corrected chi connectivity index (χ1v) is 12.6. The van der Waals surface area contributed by atoms with E-state index >= 15 is 0 Å². The standard InChI is InChI=1S/C22H28N2O4S2/c1-16-14-20(30(26,27)24-12-4-5-13-24)10-11-21(16)28-15-22(25)23-17(2)18-6-8-19(29-3)9-7-18/h6-11,14,17H,4-5,12-13,15H2,1-3H3,(H,23,25)/t17-/m1/s1. The van der Waals surface area contributed by atoms with Crippen molar-refractivity contribution in [2.45, 2.75) is 42.5 Å². The topological polar surface area (TPSA) is 75.7 Å². The minimum atomic E-state index is -3.46.